The van der Waals surface area contributed by atoms with E-state index < -0.39 is 5.82 Å². The van der Waals surface area contributed by atoms with Crippen molar-refractivity contribution >= 4 is 134 Å². The Labute approximate surface area is 625 Å². The number of aryl methyl sites for hydroxylation is 9. The SMILES string of the molecule is Cc1[nH]nc2cc(-c3nn(C)c4ncnc(N)c34)ccc12.Cc1cccc(-c2nn(C)c3ncnc(N)c23)c1.Cc1nnc2[nH]c3ncnc4c3c([nH]n4C)c12.Cn1nc(-c2ccc(F)cc2O)c2c(N)ncnc21.Cn1nc(-c2ccc(O)cc2)c2c(N)ncnc21.Cn1nc(-c2cccc(N)c2)c2c(N)ncnc21. The first kappa shape index (κ1) is 70.9. The molecule has 0 radical (unpaired) electrons. The minimum absolute atomic E-state index is 0.205. The van der Waals surface area contributed by atoms with Crippen molar-refractivity contribution in [3.05, 3.63) is 170 Å². The number of nitrogens with zero attached hydrogens (tertiary/aromatic N) is 26. The summed E-state index contributed by atoms with van der Waals surface area (Å²) < 4.78 is 23.2. The number of aromatic nitrogens is 29. The fourth-order valence-electron chi connectivity index (χ4n) is 12.9. The maximum absolute atomic E-state index is 13.0. The van der Waals surface area contributed by atoms with E-state index in [1.807, 2.05) is 101 Å². The predicted molar refractivity (Wildman–Crippen MR) is 420 cm³/mol. The van der Waals surface area contributed by atoms with Crippen LogP contribution in [-0.4, -0.2) is 154 Å². The van der Waals surface area contributed by atoms with Gasteiger partial charge in [-0.1, -0.05) is 48.0 Å². The number of aromatic hydroxyl groups is 2. The second kappa shape index (κ2) is 28.6. The Balaban J connectivity index is 0.000000106. The molecule has 0 atom stereocenters. The summed E-state index contributed by atoms with van der Waals surface area (Å²) in [7, 11) is 11.0. The summed E-state index contributed by atoms with van der Waals surface area (Å²) in [6.07, 6.45) is 8.63. The second-order valence-corrected chi connectivity index (χ2v) is 25.5. The molecule has 0 saturated heterocycles. The first-order valence-corrected chi connectivity index (χ1v) is 33.8. The molecular formula is C73H68FN35O2. The zero-order chi connectivity index (χ0) is 77.8. The van der Waals surface area contributed by atoms with Crippen LogP contribution in [0.15, 0.2) is 147 Å². The molecule has 0 aliphatic rings. The van der Waals surface area contributed by atoms with Crippen molar-refractivity contribution in [2.75, 3.05) is 34.4 Å². The van der Waals surface area contributed by atoms with Crippen LogP contribution in [0, 0.1) is 26.6 Å². The number of halogens is 1. The van der Waals surface area contributed by atoms with Crippen molar-refractivity contribution in [3.8, 4) is 67.8 Å². The van der Waals surface area contributed by atoms with Crippen molar-refractivity contribution in [3.63, 3.8) is 0 Å². The lowest BCUT2D eigenvalue weighted by atomic mass is 10.1. The number of phenolic OH excluding ortho intramolecular Hbond substituents is 2. The number of benzene rings is 5. The number of fused-ring (bicyclic) bond motifs is 8. The average molecular weight is 1490 g/mol. The molecule has 554 valence electrons. The van der Waals surface area contributed by atoms with Crippen LogP contribution in [-0.2, 0) is 42.3 Å². The lowest BCUT2D eigenvalue weighted by Crippen LogP contribution is -1.95. The predicted octanol–water partition coefficient (Wildman–Crippen LogP) is 8.72. The monoisotopic (exact) mass is 1490 g/mol. The maximum Gasteiger partial charge on any atom is 0.165 e. The molecule has 38 heteroatoms. The van der Waals surface area contributed by atoms with E-state index in [1.54, 1.807) is 57.1 Å². The van der Waals surface area contributed by atoms with Gasteiger partial charge in [0.15, 0.2) is 39.5 Å². The van der Waals surface area contributed by atoms with E-state index in [4.69, 9.17) is 34.4 Å². The molecular weight excluding hydrogens is 1420 g/mol. The summed E-state index contributed by atoms with van der Waals surface area (Å²) in [6.45, 7) is 5.99. The van der Waals surface area contributed by atoms with E-state index in [0.717, 1.165) is 134 Å². The maximum atomic E-state index is 13.0. The van der Waals surface area contributed by atoms with E-state index in [1.165, 1.54) is 60.3 Å². The van der Waals surface area contributed by atoms with Crippen molar-refractivity contribution in [2.24, 2.45) is 42.3 Å². The molecule has 0 bridgehead atoms. The molecule has 20 rings (SSSR count). The van der Waals surface area contributed by atoms with Crippen LogP contribution in [0.2, 0.25) is 0 Å². The molecule has 0 spiro atoms. The molecule has 0 saturated carbocycles. The van der Waals surface area contributed by atoms with Crippen molar-refractivity contribution in [2.45, 2.75) is 20.8 Å². The van der Waals surface area contributed by atoms with Crippen LogP contribution in [0.4, 0.5) is 39.2 Å². The first-order valence-electron chi connectivity index (χ1n) is 33.8. The Morgan fingerprint density at radius 3 is 1.33 bits per heavy atom. The Morgan fingerprint density at radius 2 is 0.838 bits per heavy atom. The highest BCUT2D eigenvalue weighted by Crippen LogP contribution is 2.38. The Morgan fingerprint density at radius 1 is 0.396 bits per heavy atom. The van der Waals surface area contributed by atoms with Crippen LogP contribution in [0.1, 0.15) is 17.0 Å². The molecule has 20 aromatic rings. The van der Waals surface area contributed by atoms with Gasteiger partial charge < -0.3 is 49.6 Å². The quantitative estimate of drug-likeness (QED) is 0.0717. The van der Waals surface area contributed by atoms with Gasteiger partial charge in [0.1, 0.15) is 118 Å². The number of aromatic amines is 3. The summed E-state index contributed by atoms with van der Waals surface area (Å²) in [5.41, 5.74) is 54.4. The van der Waals surface area contributed by atoms with E-state index in [9.17, 15) is 14.6 Å². The summed E-state index contributed by atoms with van der Waals surface area (Å²) in [4.78, 5) is 52.6. The third-order valence-corrected chi connectivity index (χ3v) is 18.1. The van der Waals surface area contributed by atoms with Crippen LogP contribution in [0.3, 0.4) is 0 Å². The lowest BCUT2D eigenvalue weighted by molar-refractivity contribution is 0.471. The van der Waals surface area contributed by atoms with Gasteiger partial charge in [-0.25, -0.2) is 87.6 Å². The second-order valence-electron chi connectivity index (χ2n) is 25.5. The smallest absolute Gasteiger partial charge is 0.165 e. The molecule has 17 N–H and O–H groups in total. The van der Waals surface area contributed by atoms with Gasteiger partial charge in [0.2, 0.25) is 0 Å². The minimum Gasteiger partial charge on any atom is -0.508 e. The zero-order valence-corrected chi connectivity index (χ0v) is 60.7. The van der Waals surface area contributed by atoms with Gasteiger partial charge in [-0.05, 0) is 81.4 Å². The molecule has 5 aromatic carbocycles. The first-order chi connectivity index (χ1) is 53.5. The fourth-order valence-corrected chi connectivity index (χ4v) is 12.9. The average Bonchev–Trinajstić information content (AvgIpc) is 1.59. The van der Waals surface area contributed by atoms with Crippen LogP contribution in [0.5, 0.6) is 11.5 Å². The highest BCUT2D eigenvalue weighted by atomic mass is 19.1. The Kier molecular flexibility index (Phi) is 18.2. The Bertz CT molecular complexity index is 6810. The lowest BCUT2D eigenvalue weighted by Gasteiger charge is -2.02. The molecule has 15 heterocycles. The van der Waals surface area contributed by atoms with Crippen molar-refractivity contribution in [1.82, 2.24) is 144 Å². The minimum atomic E-state index is -0.522. The van der Waals surface area contributed by atoms with Gasteiger partial charge in [-0.3, -0.25) is 14.9 Å². The van der Waals surface area contributed by atoms with Crippen LogP contribution in [0.25, 0.3) is 156 Å². The number of phenols is 2. The molecule has 111 heavy (non-hydrogen) atoms. The summed E-state index contributed by atoms with van der Waals surface area (Å²) in [5.74, 6) is 1.46. The van der Waals surface area contributed by atoms with Crippen molar-refractivity contribution < 1.29 is 14.6 Å². The fraction of sp³-hybridized carbons (Fsp3) is 0.123. The number of rotatable bonds is 5. The third kappa shape index (κ3) is 13.2. The molecule has 0 aliphatic heterocycles. The number of nitrogens with two attached hydrogens (primary N) is 6. The highest BCUT2D eigenvalue weighted by Gasteiger charge is 2.23. The van der Waals surface area contributed by atoms with Gasteiger partial charge in [-0.15, -0.1) is 5.10 Å². The highest BCUT2D eigenvalue weighted by molar-refractivity contribution is 6.15. The van der Waals surface area contributed by atoms with Crippen LogP contribution >= 0.6 is 0 Å². The van der Waals surface area contributed by atoms with E-state index >= 15 is 0 Å². The topological polar surface area (TPSA) is 531 Å². The van der Waals surface area contributed by atoms with E-state index in [2.05, 4.69) is 135 Å². The van der Waals surface area contributed by atoms with Gasteiger partial charge >= 0.3 is 0 Å². The molecule has 0 unspecified atom stereocenters. The Hall–Kier alpha value is -15.8. The molecule has 0 aliphatic carbocycles. The number of anilines is 6. The number of pyridine rings is 1. The van der Waals surface area contributed by atoms with E-state index in [0.29, 0.717) is 68.2 Å². The van der Waals surface area contributed by atoms with Crippen molar-refractivity contribution in [1.29, 1.82) is 0 Å². The van der Waals surface area contributed by atoms with Gasteiger partial charge in [0.05, 0.1) is 54.4 Å². The van der Waals surface area contributed by atoms with Crippen LogP contribution < -0.4 is 34.4 Å². The largest absolute Gasteiger partial charge is 0.508 e. The van der Waals surface area contributed by atoms with Gasteiger partial charge in [-0.2, -0.15) is 35.7 Å². The summed E-state index contributed by atoms with van der Waals surface area (Å²) >= 11 is 0. The van der Waals surface area contributed by atoms with Gasteiger partial charge in [0, 0.05) is 92.9 Å². The molecule has 0 amide bonds. The summed E-state index contributed by atoms with van der Waals surface area (Å²) in [5, 5.41) is 66.7. The number of hydrogen-bond acceptors (Lipinski definition) is 28. The number of H-pyrrole nitrogens is 3. The van der Waals surface area contributed by atoms with Gasteiger partial charge in [0.25, 0.3) is 0 Å². The van der Waals surface area contributed by atoms with E-state index in [-0.39, 0.29) is 17.3 Å². The standard InChI is InChI=1S/C14H13N7.C13H13N5.C12H10FN5O.C12H12N6.C12H11N5O.C10H9N7/c1-7-9-4-3-8(5-10(9)19-18-7)12-11-13(15)16-6-17-14(11)21(2)20-12;1-8-4-3-5-9(6-8)11-10-12(14)15-7-16-13(10)18(2)17-11;1-18-12-9(11(14)15-5-16-12)10(17-18)7-3-2-6(13)4-8(7)19;1-18-12-9(11(14)15-6-16-12)10(17-18)7-3-2-4-8(13)5-7;1-17-12-9(11(13)14-6-15-12)10(16-17)7-2-4-8(18)5-3-7;1-4-5-7-6-8(13-9(5)15-14-4)11-3-12-10(6)17(2)16-7/h3-6H,1-2H3,(H,18,19)(H2,15,16,17);3-7H,1-2H3,(H2,14,15,16);2-5,19H,1H3,(H2,14,15,16);2-6H,13H2,1H3,(H2,14,15,16);2-6,18H,1H3,(H2,13,14,15);3,16H,1-2H3,(H,11,12,13,14,15). The zero-order valence-electron chi connectivity index (χ0n) is 60.7. The molecule has 15 aromatic heterocycles. The molecule has 0 fully saturated rings. The number of nitrogen functional groups attached to an aromatic ring is 6. The third-order valence-electron chi connectivity index (χ3n) is 18.1. The number of hydrogen-bond donors (Lipinski definition) is 11. The summed E-state index contributed by atoms with van der Waals surface area (Å²) in [6, 6.07) is 32.2. The normalized spacial score (nSPS) is 11.3. The molecule has 37 nitrogen and oxygen atoms in total. The number of nitrogens with one attached hydrogen (secondary N) is 3.